The average molecular weight is 347 g/mol. The van der Waals surface area contributed by atoms with E-state index < -0.39 is 0 Å². The quantitative estimate of drug-likeness (QED) is 0.893. The zero-order chi connectivity index (χ0) is 16.5. The zero-order valence-electron chi connectivity index (χ0n) is 14.3. The van der Waals surface area contributed by atoms with Gasteiger partial charge in [0, 0.05) is 68.2 Å². The molecule has 0 radical (unpaired) electrons. The van der Waals surface area contributed by atoms with Gasteiger partial charge in [-0.25, -0.2) is 4.79 Å². The van der Waals surface area contributed by atoms with E-state index in [1.54, 1.807) is 0 Å². The Bertz CT molecular complexity index is 617. The predicted molar refractivity (Wildman–Crippen MR) is 101 cm³/mol. The van der Waals surface area contributed by atoms with E-state index in [2.05, 4.69) is 40.2 Å². The van der Waals surface area contributed by atoms with Crippen molar-refractivity contribution in [1.82, 2.24) is 9.80 Å². The third-order valence-electron chi connectivity index (χ3n) is 5.43. The fourth-order valence-electron chi connectivity index (χ4n) is 3.96. The highest BCUT2D eigenvalue weighted by molar-refractivity contribution is 7.99. The number of anilines is 2. The van der Waals surface area contributed by atoms with Gasteiger partial charge in [-0.3, -0.25) is 4.90 Å². The topological polar surface area (TPSA) is 38.8 Å². The molecule has 3 heterocycles. The standard InChI is InChI=1S/C18H26N4OS/c1-14-12-15(21-8-10-24-11-9-21)2-3-17(14)19-18(23)22-7-6-20-5-4-16(22)13-20/h2-3,12,16H,4-11,13H2,1H3,(H,19,23). The summed E-state index contributed by atoms with van der Waals surface area (Å²) in [5, 5.41) is 3.14. The molecular weight excluding hydrogens is 320 g/mol. The number of piperazine rings is 1. The van der Waals surface area contributed by atoms with Crippen LogP contribution in [0.4, 0.5) is 16.2 Å². The molecule has 0 spiro atoms. The lowest BCUT2D eigenvalue weighted by Gasteiger charge is -2.34. The highest BCUT2D eigenvalue weighted by Gasteiger charge is 2.35. The van der Waals surface area contributed by atoms with E-state index in [9.17, 15) is 4.79 Å². The molecule has 2 atom stereocenters. The van der Waals surface area contributed by atoms with Crippen LogP contribution in [0.2, 0.25) is 0 Å². The first-order valence-electron chi connectivity index (χ1n) is 8.94. The summed E-state index contributed by atoms with van der Waals surface area (Å²) in [7, 11) is 0. The minimum absolute atomic E-state index is 0.0618. The summed E-state index contributed by atoms with van der Waals surface area (Å²) < 4.78 is 0. The third-order valence-corrected chi connectivity index (χ3v) is 6.38. The number of hydrogen-bond acceptors (Lipinski definition) is 4. The van der Waals surface area contributed by atoms with E-state index in [0.29, 0.717) is 6.04 Å². The van der Waals surface area contributed by atoms with Crippen LogP contribution in [0.1, 0.15) is 12.0 Å². The Balaban J connectivity index is 1.43. The number of thioether (sulfide) groups is 1. The van der Waals surface area contributed by atoms with Crippen molar-refractivity contribution in [3.8, 4) is 0 Å². The Labute approximate surface area is 148 Å². The van der Waals surface area contributed by atoms with Gasteiger partial charge in [-0.1, -0.05) is 0 Å². The molecule has 130 valence electrons. The summed E-state index contributed by atoms with van der Waals surface area (Å²) in [6.07, 6.45) is 1.11. The lowest BCUT2D eigenvalue weighted by Crippen LogP contribution is -2.51. The molecule has 6 heteroatoms. The number of nitrogens with one attached hydrogen (secondary N) is 1. The van der Waals surface area contributed by atoms with Gasteiger partial charge in [-0.05, 0) is 37.1 Å². The van der Waals surface area contributed by atoms with Crippen molar-refractivity contribution in [2.45, 2.75) is 19.4 Å². The number of rotatable bonds is 2. The van der Waals surface area contributed by atoms with Gasteiger partial charge in [0.15, 0.2) is 0 Å². The maximum absolute atomic E-state index is 12.7. The Morgan fingerprint density at radius 1 is 1.17 bits per heavy atom. The molecule has 3 fully saturated rings. The van der Waals surface area contributed by atoms with E-state index >= 15 is 0 Å². The molecule has 24 heavy (non-hydrogen) atoms. The molecule has 1 aromatic carbocycles. The first-order chi connectivity index (χ1) is 11.7. The lowest BCUT2D eigenvalue weighted by atomic mass is 10.1. The number of benzene rings is 1. The Morgan fingerprint density at radius 3 is 2.79 bits per heavy atom. The number of urea groups is 1. The predicted octanol–water partition coefficient (Wildman–Crippen LogP) is 2.47. The number of amides is 2. The molecule has 0 saturated carbocycles. The molecule has 1 aromatic rings. The molecule has 0 aromatic heterocycles. The van der Waals surface area contributed by atoms with Crippen LogP contribution in [-0.2, 0) is 0 Å². The monoisotopic (exact) mass is 346 g/mol. The van der Waals surface area contributed by atoms with E-state index in [1.807, 2.05) is 16.7 Å². The normalized spacial score (nSPS) is 26.5. The van der Waals surface area contributed by atoms with Crippen molar-refractivity contribution >= 4 is 29.2 Å². The molecule has 1 N–H and O–H groups in total. The Kier molecular flexibility index (Phi) is 4.59. The fourth-order valence-corrected chi connectivity index (χ4v) is 4.87. The van der Waals surface area contributed by atoms with Crippen molar-refractivity contribution in [3.63, 3.8) is 0 Å². The Hall–Kier alpha value is -1.40. The Morgan fingerprint density at radius 2 is 2.00 bits per heavy atom. The van der Waals surface area contributed by atoms with Gasteiger partial charge in [0.05, 0.1) is 0 Å². The SMILES string of the molecule is Cc1cc(N2CCSCC2)ccc1NC(=O)N1CCN2CCC1C2. The van der Waals surface area contributed by atoms with Crippen LogP contribution in [0.25, 0.3) is 0 Å². The minimum atomic E-state index is 0.0618. The van der Waals surface area contributed by atoms with Crippen LogP contribution in [0, 0.1) is 6.92 Å². The second-order valence-electron chi connectivity index (χ2n) is 6.97. The first kappa shape index (κ1) is 16.1. The van der Waals surface area contributed by atoms with Gasteiger partial charge in [0.2, 0.25) is 0 Å². The molecule has 2 bridgehead atoms. The van der Waals surface area contributed by atoms with Crippen molar-refractivity contribution in [1.29, 1.82) is 0 Å². The zero-order valence-corrected chi connectivity index (χ0v) is 15.1. The van der Waals surface area contributed by atoms with E-state index in [1.165, 1.54) is 17.2 Å². The van der Waals surface area contributed by atoms with Crippen molar-refractivity contribution in [2.75, 3.05) is 61.0 Å². The van der Waals surface area contributed by atoms with Crippen LogP contribution in [0.15, 0.2) is 18.2 Å². The second kappa shape index (κ2) is 6.84. The molecule has 3 aliphatic rings. The number of nitrogens with zero attached hydrogens (tertiary/aromatic N) is 3. The van der Waals surface area contributed by atoms with Gasteiger partial charge in [-0.15, -0.1) is 0 Å². The summed E-state index contributed by atoms with van der Waals surface area (Å²) >= 11 is 2.02. The van der Waals surface area contributed by atoms with E-state index in [-0.39, 0.29) is 6.03 Å². The van der Waals surface area contributed by atoms with Crippen LogP contribution in [0.5, 0.6) is 0 Å². The number of carbonyl (C=O) groups excluding carboxylic acids is 1. The number of aryl methyl sites for hydroxylation is 1. The number of hydrogen-bond donors (Lipinski definition) is 1. The summed E-state index contributed by atoms with van der Waals surface area (Å²) in [4.78, 5) is 19.6. The third kappa shape index (κ3) is 3.22. The van der Waals surface area contributed by atoms with Crippen LogP contribution < -0.4 is 10.2 Å². The molecule has 5 nitrogen and oxygen atoms in total. The number of fused-ring (bicyclic) bond motifs is 2. The van der Waals surface area contributed by atoms with Crippen molar-refractivity contribution < 1.29 is 4.79 Å². The average Bonchev–Trinajstić information content (AvgIpc) is 2.98. The molecule has 0 aliphatic carbocycles. The molecule has 3 aliphatic heterocycles. The number of carbonyl (C=O) groups is 1. The van der Waals surface area contributed by atoms with Gasteiger partial charge in [0.25, 0.3) is 0 Å². The van der Waals surface area contributed by atoms with Gasteiger partial charge in [-0.2, -0.15) is 11.8 Å². The van der Waals surface area contributed by atoms with Crippen LogP contribution in [-0.4, -0.2) is 72.6 Å². The second-order valence-corrected chi connectivity index (χ2v) is 8.19. The molecule has 2 unspecified atom stereocenters. The maximum atomic E-state index is 12.7. The van der Waals surface area contributed by atoms with Crippen molar-refractivity contribution in [2.24, 2.45) is 0 Å². The van der Waals surface area contributed by atoms with Gasteiger partial charge in [0.1, 0.15) is 0 Å². The summed E-state index contributed by atoms with van der Waals surface area (Å²) in [6.45, 7) is 8.34. The van der Waals surface area contributed by atoms with Crippen LogP contribution >= 0.6 is 11.8 Å². The van der Waals surface area contributed by atoms with Gasteiger partial charge < -0.3 is 15.1 Å². The summed E-state index contributed by atoms with van der Waals surface area (Å²) in [6, 6.07) is 6.87. The molecule has 3 saturated heterocycles. The summed E-state index contributed by atoms with van der Waals surface area (Å²) in [5.41, 5.74) is 3.36. The smallest absolute Gasteiger partial charge is 0.322 e. The highest BCUT2D eigenvalue weighted by Crippen LogP contribution is 2.26. The van der Waals surface area contributed by atoms with Gasteiger partial charge >= 0.3 is 6.03 Å². The van der Waals surface area contributed by atoms with E-state index in [0.717, 1.165) is 56.9 Å². The largest absolute Gasteiger partial charge is 0.370 e. The lowest BCUT2D eigenvalue weighted by molar-refractivity contribution is 0.153. The molecule has 2 amide bonds. The van der Waals surface area contributed by atoms with Crippen LogP contribution in [0.3, 0.4) is 0 Å². The molecule has 4 rings (SSSR count). The first-order valence-corrected chi connectivity index (χ1v) is 10.1. The summed E-state index contributed by atoms with van der Waals surface area (Å²) in [5.74, 6) is 2.40. The minimum Gasteiger partial charge on any atom is -0.370 e. The maximum Gasteiger partial charge on any atom is 0.322 e. The van der Waals surface area contributed by atoms with Crippen molar-refractivity contribution in [3.05, 3.63) is 23.8 Å². The highest BCUT2D eigenvalue weighted by atomic mass is 32.2. The molecular formula is C18H26N4OS. The van der Waals surface area contributed by atoms with E-state index in [4.69, 9.17) is 0 Å². The fraction of sp³-hybridized carbons (Fsp3) is 0.611.